The molecule has 0 radical (unpaired) electrons. The van der Waals surface area contributed by atoms with E-state index in [9.17, 15) is 9.59 Å². The lowest BCUT2D eigenvalue weighted by Gasteiger charge is -2.15. The summed E-state index contributed by atoms with van der Waals surface area (Å²) < 4.78 is 0. The average molecular weight is 249 g/mol. The van der Waals surface area contributed by atoms with Gasteiger partial charge in [-0.1, -0.05) is 12.1 Å². The number of Topliss-reactive ketones (excluding diaryl/α,β-unsaturated/α-hetero) is 1. The van der Waals surface area contributed by atoms with Crippen molar-refractivity contribution in [2.45, 2.75) is 6.92 Å². The molecular weight excluding hydrogens is 230 g/mol. The summed E-state index contributed by atoms with van der Waals surface area (Å²) in [5.41, 5.74) is 6.48. The molecule has 98 valence electrons. The number of anilines is 1. The molecule has 1 amide bonds. The number of hydrogen-bond acceptors (Lipinski definition) is 4. The molecule has 0 saturated heterocycles. The highest BCUT2D eigenvalue weighted by Gasteiger charge is 2.10. The van der Waals surface area contributed by atoms with E-state index >= 15 is 0 Å². The topological polar surface area (TPSA) is 75.4 Å². The predicted molar refractivity (Wildman–Crippen MR) is 71.6 cm³/mol. The van der Waals surface area contributed by atoms with E-state index in [1.54, 1.807) is 24.3 Å². The van der Waals surface area contributed by atoms with Crippen LogP contribution in [-0.4, -0.2) is 43.3 Å². The number of carbonyl (C=O) groups is 2. The maximum absolute atomic E-state index is 11.8. The van der Waals surface area contributed by atoms with Gasteiger partial charge >= 0.3 is 0 Å². The zero-order valence-corrected chi connectivity index (χ0v) is 10.8. The standard InChI is InChI=1S/C13H19N3O2/c1-10(17)11-5-3-4-6-12(11)15-13(18)9-16(2)8-7-14/h3-6H,7-9,14H2,1-2H3,(H,15,18). The third kappa shape index (κ3) is 4.27. The van der Waals surface area contributed by atoms with Crippen LogP contribution in [0.25, 0.3) is 0 Å². The molecule has 0 aliphatic heterocycles. The smallest absolute Gasteiger partial charge is 0.238 e. The molecule has 0 fully saturated rings. The van der Waals surface area contributed by atoms with Crippen LogP contribution in [-0.2, 0) is 4.79 Å². The number of rotatable bonds is 6. The maximum atomic E-state index is 11.8. The molecule has 1 rings (SSSR count). The quantitative estimate of drug-likeness (QED) is 0.728. The number of nitrogens with one attached hydrogen (secondary N) is 1. The SMILES string of the molecule is CC(=O)c1ccccc1NC(=O)CN(C)CCN. The van der Waals surface area contributed by atoms with Crippen molar-refractivity contribution in [1.29, 1.82) is 0 Å². The molecule has 1 aromatic carbocycles. The molecule has 0 unspecified atom stereocenters. The summed E-state index contributed by atoms with van der Waals surface area (Å²) in [5.74, 6) is -0.221. The minimum absolute atomic E-state index is 0.0683. The maximum Gasteiger partial charge on any atom is 0.238 e. The summed E-state index contributed by atoms with van der Waals surface area (Å²) in [5, 5.41) is 2.74. The Bertz CT molecular complexity index is 432. The molecule has 0 saturated carbocycles. The first-order valence-electron chi connectivity index (χ1n) is 5.83. The molecule has 5 nitrogen and oxygen atoms in total. The Morgan fingerprint density at radius 1 is 1.33 bits per heavy atom. The Morgan fingerprint density at radius 3 is 2.61 bits per heavy atom. The summed E-state index contributed by atoms with van der Waals surface area (Å²) in [7, 11) is 1.82. The van der Waals surface area contributed by atoms with E-state index in [2.05, 4.69) is 5.32 Å². The summed E-state index contributed by atoms with van der Waals surface area (Å²) in [6.07, 6.45) is 0. The Kier molecular flexibility index (Phi) is 5.48. The van der Waals surface area contributed by atoms with Gasteiger partial charge in [0.2, 0.25) is 5.91 Å². The van der Waals surface area contributed by atoms with Crippen molar-refractivity contribution in [2.75, 3.05) is 32.0 Å². The summed E-state index contributed by atoms with van der Waals surface area (Å²) in [4.78, 5) is 25.0. The van der Waals surface area contributed by atoms with E-state index in [1.807, 2.05) is 11.9 Å². The second-order valence-electron chi connectivity index (χ2n) is 4.18. The third-order valence-electron chi connectivity index (χ3n) is 2.50. The van der Waals surface area contributed by atoms with Crippen molar-refractivity contribution >= 4 is 17.4 Å². The van der Waals surface area contributed by atoms with Crippen molar-refractivity contribution in [3.63, 3.8) is 0 Å². The van der Waals surface area contributed by atoms with Gasteiger partial charge in [0.25, 0.3) is 0 Å². The first-order valence-corrected chi connectivity index (χ1v) is 5.83. The average Bonchev–Trinajstić information content (AvgIpc) is 2.29. The van der Waals surface area contributed by atoms with E-state index < -0.39 is 0 Å². The van der Waals surface area contributed by atoms with Crippen LogP contribution < -0.4 is 11.1 Å². The van der Waals surface area contributed by atoms with Crippen LogP contribution in [0.15, 0.2) is 24.3 Å². The minimum Gasteiger partial charge on any atom is -0.329 e. The molecule has 18 heavy (non-hydrogen) atoms. The zero-order chi connectivity index (χ0) is 13.5. The molecule has 0 aromatic heterocycles. The minimum atomic E-state index is -0.153. The number of benzene rings is 1. The molecule has 5 heteroatoms. The molecule has 0 heterocycles. The second kappa shape index (κ2) is 6.88. The van der Waals surface area contributed by atoms with Gasteiger partial charge in [-0.25, -0.2) is 0 Å². The fraction of sp³-hybridized carbons (Fsp3) is 0.385. The molecule has 0 aliphatic rings. The van der Waals surface area contributed by atoms with Gasteiger partial charge in [-0.15, -0.1) is 0 Å². The summed E-state index contributed by atoms with van der Waals surface area (Å²) in [6, 6.07) is 6.97. The molecule has 0 aliphatic carbocycles. The number of likely N-dealkylation sites (N-methyl/N-ethyl adjacent to an activating group) is 1. The fourth-order valence-electron chi connectivity index (χ4n) is 1.63. The number of nitrogens with zero attached hydrogens (tertiary/aromatic N) is 1. The van der Waals surface area contributed by atoms with Gasteiger partial charge in [-0.05, 0) is 26.1 Å². The number of carbonyl (C=O) groups excluding carboxylic acids is 2. The van der Waals surface area contributed by atoms with Crippen LogP contribution in [0, 0.1) is 0 Å². The van der Waals surface area contributed by atoms with Gasteiger partial charge in [-0.2, -0.15) is 0 Å². The molecule has 0 spiro atoms. The van der Waals surface area contributed by atoms with Gasteiger partial charge in [0.1, 0.15) is 0 Å². The first kappa shape index (κ1) is 14.3. The number of amides is 1. The fourth-order valence-corrected chi connectivity index (χ4v) is 1.63. The predicted octanol–water partition coefficient (Wildman–Crippen LogP) is 0.718. The monoisotopic (exact) mass is 249 g/mol. The van der Waals surface area contributed by atoms with Crippen molar-refractivity contribution in [1.82, 2.24) is 4.90 Å². The van der Waals surface area contributed by atoms with E-state index in [0.717, 1.165) is 0 Å². The van der Waals surface area contributed by atoms with Gasteiger partial charge in [0, 0.05) is 18.7 Å². The van der Waals surface area contributed by atoms with E-state index in [4.69, 9.17) is 5.73 Å². The van der Waals surface area contributed by atoms with E-state index in [-0.39, 0.29) is 18.2 Å². The van der Waals surface area contributed by atoms with Crippen LogP contribution in [0.3, 0.4) is 0 Å². The van der Waals surface area contributed by atoms with E-state index in [1.165, 1.54) is 6.92 Å². The number of nitrogens with two attached hydrogens (primary N) is 1. The molecular formula is C13H19N3O2. The van der Waals surface area contributed by atoms with Crippen LogP contribution in [0.1, 0.15) is 17.3 Å². The number of para-hydroxylation sites is 1. The Balaban J connectivity index is 2.67. The van der Waals surface area contributed by atoms with Gasteiger partial charge in [-0.3, -0.25) is 14.5 Å². The number of hydrogen-bond donors (Lipinski definition) is 2. The number of ketones is 1. The van der Waals surface area contributed by atoms with Crippen LogP contribution in [0.2, 0.25) is 0 Å². The highest BCUT2D eigenvalue weighted by atomic mass is 16.2. The first-order chi connectivity index (χ1) is 8.54. The van der Waals surface area contributed by atoms with Gasteiger partial charge < -0.3 is 11.1 Å². The largest absolute Gasteiger partial charge is 0.329 e. The van der Waals surface area contributed by atoms with E-state index in [0.29, 0.717) is 24.3 Å². The molecule has 3 N–H and O–H groups in total. The highest BCUT2D eigenvalue weighted by molar-refractivity contribution is 6.04. The highest BCUT2D eigenvalue weighted by Crippen LogP contribution is 2.15. The normalized spacial score (nSPS) is 10.4. The lowest BCUT2D eigenvalue weighted by Crippen LogP contribution is -2.33. The summed E-state index contributed by atoms with van der Waals surface area (Å²) >= 11 is 0. The lowest BCUT2D eigenvalue weighted by molar-refractivity contribution is -0.117. The van der Waals surface area contributed by atoms with Crippen molar-refractivity contribution < 1.29 is 9.59 Å². The van der Waals surface area contributed by atoms with Crippen molar-refractivity contribution in [2.24, 2.45) is 5.73 Å². The Hall–Kier alpha value is -1.72. The van der Waals surface area contributed by atoms with Gasteiger partial charge in [0.05, 0.1) is 12.2 Å². The van der Waals surface area contributed by atoms with Crippen molar-refractivity contribution in [3.8, 4) is 0 Å². The van der Waals surface area contributed by atoms with Crippen molar-refractivity contribution in [3.05, 3.63) is 29.8 Å². The summed E-state index contributed by atoms with van der Waals surface area (Å²) in [6.45, 7) is 2.89. The molecule has 0 atom stereocenters. The second-order valence-corrected chi connectivity index (χ2v) is 4.18. The van der Waals surface area contributed by atoms with Crippen LogP contribution >= 0.6 is 0 Å². The lowest BCUT2D eigenvalue weighted by atomic mass is 10.1. The van der Waals surface area contributed by atoms with Crippen LogP contribution in [0.4, 0.5) is 5.69 Å². The molecule has 1 aromatic rings. The Labute approximate surface area is 107 Å². The molecule has 0 bridgehead atoms. The van der Waals surface area contributed by atoms with Crippen LogP contribution in [0.5, 0.6) is 0 Å². The Morgan fingerprint density at radius 2 is 2.00 bits per heavy atom. The van der Waals surface area contributed by atoms with Gasteiger partial charge in [0.15, 0.2) is 5.78 Å². The third-order valence-corrected chi connectivity index (χ3v) is 2.50. The zero-order valence-electron chi connectivity index (χ0n) is 10.8.